The average molecular weight is 332 g/mol. The molecule has 0 heterocycles. The fourth-order valence-corrected chi connectivity index (χ4v) is 2.12. The van der Waals surface area contributed by atoms with Crippen LogP contribution in [-0.2, 0) is 0 Å². The van der Waals surface area contributed by atoms with Crippen molar-refractivity contribution in [2.75, 3.05) is 5.43 Å². The van der Waals surface area contributed by atoms with Crippen LogP contribution >= 0.6 is 23.2 Å². The number of hydrogen-bond acceptors (Lipinski definition) is 4. The van der Waals surface area contributed by atoms with E-state index in [4.69, 9.17) is 28.5 Å². The van der Waals surface area contributed by atoms with Gasteiger partial charge in [0.25, 0.3) is 0 Å². The smallest absolute Gasteiger partial charge is 0.223 e. The monoisotopic (exact) mass is 331 g/mol. The van der Waals surface area contributed by atoms with E-state index >= 15 is 0 Å². The Morgan fingerprint density at radius 1 is 1.18 bits per heavy atom. The number of carbonyl (C=O) groups is 1. The Morgan fingerprint density at radius 2 is 1.86 bits per heavy atom. The molecule has 0 aromatic heterocycles. The maximum Gasteiger partial charge on any atom is 0.223 e. The van der Waals surface area contributed by atoms with Gasteiger partial charge in [-0.1, -0.05) is 53.0 Å². The Labute approximate surface area is 138 Å². The highest BCUT2D eigenvalue weighted by atomic mass is 35.5. The lowest BCUT2D eigenvalue weighted by atomic mass is 10.1. The Bertz CT molecular complexity index is 777. The summed E-state index contributed by atoms with van der Waals surface area (Å²) in [6.07, 6.45) is 0. The summed E-state index contributed by atoms with van der Waals surface area (Å²) in [4.78, 5) is 12.2. The number of nitrogens with zero attached hydrogens (tertiary/aromatic N) is 2. The second-order valence-corrected chi connectivity index (χ2v) is 5.35. The molecule has 0 bridgehead atoms. The molecule has 2 aromatic rings. The van der Waals surface area contributed by atoms with Crippen LogP contribution < -0.4 is 5.43 Å². The number of nitriles is 1. The summed E-state index contributed by atoms with van der Waals surface area (Å²) in [5.41, 5.74) is 4.23. The van der Waals surface area contributed by atoms with E-state index in [1.807, 2.05) is 6.92 Å². The van der Waals surface area contributed by atoms with Crippen molar-refractivity contribution in [3.8, 4) is 6.07 Å². The van der Waals surface area contributed by atoms with Gasteiger partial charge in [0, 0.05) is 10.6 Å². The topological polar surface area (TPSA) is 65.2 Å². The van der Waals surface area contributed by atoms with Crippen molar-refractivity contribution >= 4 is 40.4 Å². The van der Waals surface area contributed by atoms with Gasteiger partial charge in [0.2, 0.25) is 11.5 Å². The molecule has 0 unspecified atom stereocenters. The number of ketones is 1. The second-order valence-electron chi connectivity index (χ2n) is 4.50. The summed E-state index contributed by atoms with van der Waals surface area (Å²) in [5.74, 6) is -0.458. The van der Waals surface area contributed by atoms with Crippen molar-refractivity contribution in [1.82, 2.24) is 0 Å². The number of benzene rings is 2. The van der Waals surface area contributed by atoms with Crippen LogP contribution in [0.15, 0.2) is 47.6 Å². The van der Waals surface area contributed by atoms with E-state index in [-0.39, 0.29) is 5.71 Å². The molecular weight excluding hydrogens is 321 g/mol. The number of hydrogen-bond donors (Lipinski definition) is 1. The van der Waals surface area contributed by atoms with Gasteiger partial charge in [-0.15, -0.1) is 0 Å². The first-order valence-corrected chi connectivity index (χ1v) is 7.07. The maximum absolute atomic E-state index is 12.2. The minimum atomic E-state index is -0.458. The fourth-order valence-electron chi connectivity index (χ4n) is 1.66. The number of Topliss-reactive ketones (excluding diaryl/α,β-unsaturated/α-hetero) is 1. The molecule has 0 saturated heterocycles. The molecule has 0 fully saturated rings. The van der Waals surface area contributed by atoms with Crippen LogP contribution in [-0.4, -0.2) is 11.5 Å². The van der Waals surface area contributed by atoms with Crippen molar-refractivity contribution < 1.29 is 4.79 Å². The number of carbonyl (C=O) groups excluding carboxylic acids is 1. The van der Waals surface area contributed by atoms with E-state index in [1.54, 1.807) is 42.5 Å². The third kappa shape index (κ3) is 3.85. The molecule has 22 heavy (non-hydrogen) atoms. The average Bonchev–Trinajstić information content (AvgIpc) is 2.50. The Hall–Kier alpha value is -2.35. The van der Waals surface area contributed by atoms with Crippen LogP contribution in [0.1, 0.15) is 15.9 Å². The summed E-state index contributed by atoms with van der Waals surface area (Å²) in [5, 5.41) is 13.8. The normalized spacial score (nSPS) is 10.9. The largest absolute Gasteiger partial charge is 0.286 e. The van der Waals surface area contributed by atoms with Gasteiger partial charge in [0.15, 0.2) is 0 Å². The quantitative estimate of drug-likeness (QED) is 0.510. The molecule has 0 aliphatic heterocycles. The molecule has 110 valence electrons. The van der Waals surface area contributed by atoms with Crippen LogP contribution in [0.2, 0.25) is 10.0 Å². The van der Waals surface area contributed by atoms with E-state index in [0.717, 1.165) is 5.56 Å². The van der Waals surface area contributed by atoms with Gasteiger partial charge in [0.05, 0.1) is 10.7 Å². The zero-order valence-corrected chi connectivity index (χ0v) is 13.1. The van der Waals surface area contributed by atoms with E-state index < -0.39 is 5.78 Å². The first-order valence-electron chi connectivity index (χ1n) is 6.31. The van der Waals surface area contributed by atoms with Crippen LogP contribution in [0.4, 0.5) is 5.69 Å². The number of rotatable bonds is 4. The first-order chi connectivity index (χ1) is 10.5. The lowest BCUT2D eigenvalue weighted by molar-refractivity contribution is 0.106. The minimum Gasteiger partial charge on any atom is -0.286 e. The Kier molecular flexibility index (Phi) is 5.16. The standard InChI is InChI=1S/C16H11Cl2N3O/c1-10-2-4-11(5-3-10)16(22)15(9-19)21-20-14-7-6-12(17)8-13(14)18/h2-8,20H,1H3. The van der Waals surface area contributed by atoms with Crippen LogP contribution in [0.3, 0.4) is 0 Å². The summed E-state index contributed by atoms with van der Waals surface area (Å²) in [6, 6.07) is 13.5. The number of anilines is 1. The molecule has 6 heteroatoms. The van der Waals surface area contributed by atoms with Crippen molar-refractivity contribution in [3.63, 3.8) is 0 Å². The van der Waals surface area contributed by atoms with Gasteiger partial charge in [-0.2, -0.15) is 10.4 Å². The van der Waals surface area contributed by atoms with E-state index in [0.29, 0.717) is 21.3 Å². The number of aryl methyl sites for hydroxylation is 1. The van der Waals surface area contributed by atoms with Gasteiger partial charge in [-0.3, -0.25) is 10.2 Å². The summed E-state index contributed by atoms with van der Waals surface area (Å²) in [6.45, 7) is 1.91. The van der Waals surface area contributed by atoms with Crippen LogP contribution in [0, 0.1) is 18.3 Å². The van der Waals surface area contributed by atoms with Crippen LogP contribution in [0.25, 0.3) is 0 Å². The van der Waals surface area contributed by atoms with Crippen LogP contribution in [0.5, 0.6) is 0 Å². The highest BCUT2D eigenvalue weighted by Crippen LogP contribution is 2.25. The highest BCUT2D eigenvalue weighted by Gasteiger charge is 2.14. The molecule has 0 spiro atoms. The summed E-state index contributed by atoms with van der Waals surface area (Å²) >= 11 is 11.8. The zero-order valence-electron chi connectivity index (χ0n) is 11.6. The third-order valence-electron chi connectivity index (χ3n) is 2.85. The SMILES string of the molecule is Cc1ccc(C(=O)C(C#N)=NNc2ccc(Cl)cc2Cl)cc1. The number of hydrazone groups is 1. The fraction of sp³-hybridized carbons (Fsp3) is 0.0625. The van der Waals surface area contributed by atoms with Gasteiger partial charge in [0.1, 0.15) is 6.07 Å². The molecule has 2 aromatic carbocycles. The maximum atomic E-state index is 12.2. The molecule has 0 atom stereocenters. The molecule has 0 aliphatic rings. The van der Waals surface area contributed by atoms with Crippen molar-refractivity contribution in [3.05, 3.63) is 63.6 Å². The van der Waals surface area contributed by atoms with E-state index in [9.17, 15) is 4.79 Å². The first kappa shape index (κ1) is 16.0. The summed E-state index contributed by atoms with van der Waals surface area (Å²) in [7, 11) is 0. The third-order valence-corrected chi connectivity index (χ3v) is 3.40. The molecule has 2 rings (SSSR count). The van der Waals surface area contributed by atoms with Gasteiger partial charge in [-0.05, 0) is 25.1 Å². The zero-order chi connectivity index (χ0) is 16.1. The lowest BCUT2D eigenvalue weighted by Gasteiger charge is -2.04. The molecular formula is C16H11Cl2N3O. The van der Waals surface area contributed by atoms with Crippen molar-refractivity contribution in [1.29, 1.82) is 5.26 Å². The van der Waals surface area contributed by atoms with Gasteiger partial charge >= 0.3 is 0 Å². The Balaban J connectivity index is 2.22. The predicted molar refractivity (Wildman–Crippen MR) is 88.6 cm³/mol. The second kappa shape index (κ2) is 7.08. The number of nitrogens with one attached hydrogen (secondary N) is 1. The minimum absolute atomic E-state index is 0.255. The molecule has 4 nitrogen and oxygen atoms in total. The summed E-state index contributed by atoms with van der Waals surface area (Å²) < 4.78 is 0. The van der Waals surface area contributed by atoms with Gasteiger partial charge < -0.3 is 0 Å². The molecule has 0 saturated carbocycles. The predicted octanol–water partition coefficient (Wildman–Crippen LogP) is 4.48. The van der Waals surface area contributed by atoms with Crippen molar-refractivity contribution in [2.24, 2.45) is 5.10 Å². The molecule has 0 radical (unpaired) electrons. The number of halogens is 2. The highest BCUT2D eigenvalue weighted by molar-refractivity contribution is 6.51. The van der Waals surface area contributed by atoms with Gasteiger partial charge in [-0.25, -0.2) is 0 Å². The van der Waals surface area contributed by atoms with Crippen molar-refractivity contribution in [2.45, 2.75) is 6.92 Å². The van der Waals surface area contributed by atoms with E-state index in [2.05, 4.69) is 10.5 Å². The molecule has 1 N–H and O–H groups in total. The lowest BCUT2D eigenvalue weighted by Crippen LogP contribution is -2.14. The van der Waals surface area contributed by atoms with E-state index in [1.165, 1.54) is 6.07 Å². The molecule has 0 amide bonds. The molecule has 0 aliphatic carbocycles. The Morgan fingerprint density at radius 3 is 2.45 bits per heavy atom.